The molecule has 3 aromatic carbocycles. The van der Waals surface area contributed by atoms with E-state index in [1.165, 1.54) is 0 Å². The van der Waals surface area contributed by atoms with Gasteiger partial charge in [0.25, 0.3) is 5.91 Å². The van der Waals surface area contributed by atoms with Crippen LogP contribution in [-0.4, -0.2) is 35.8 Å². The summed E-state index contributed by atoms with van der Waals surface area (Å²) in [6, 6.07) is 23.0. The van der Waals surface area contributed by atoms with Gasteiger partial charge < -0.3 is 15.0 Å². The van der Waals surface area contributed by atoms with Gasteiger partial charge in [-0.15, -0.1) is 0 Å². The van der Waals surface area contributed by atoms with Crippen LogP contribution in [0, 0.1) is 5.92 Å². The summed E-state index contributed by atoms with van der Waals surface area (Å²) in [5.41, 5.74) is 1.67. The van der Waals surface area contributed by atoms with Crippen molar-refractivity contribution in [2.24, 2.45) is 5.92 Å². The lowest BCUT2D eigenvalue weighted by molar-refractivity contribution is -0.151. The molecule has 30 heavy (non-hydrogen) atoms. The zero-order valence-electron chi connectivity index (χ0n) is 16.4. The van der Waals surface area contributed by atoms with Gasteiger partial charge in [-0.25, -0.2) is 0 Å². The topological polar surface area (TPSA) is 75.7 Å². The van der Waals surface area contributed by atoms with Crippen LogP contribution < -0.4 is 5.32 Å². The predicted molar refractivity (Wildman–Crippen MR) is 114 cm³/mol. The Balaban J connectivity index is 1.30. The summed E-state index contributed by atoms with van der Waals surface area (Å²) in [4.78, 5) is 38.5. The molecular formula is C24H22N2O4. The molecule has 1 fully saturated rings. The molecule has 0 saturated carbocycles. The van der Waals surface area contributed by atoms with E-state index in [9.17, 15) is 14.4 Å². The van der Waals surface area contributed by atoms with Gasteiger partial charge in [0.1, 0.15) is 0 Å². The highest BCUT2D eigenvalue weighted by atomic mass is 16.5. The maximum Gasteiger partial charge on any atom is 0.311 e. The summed E-state index contributed by atoms with van der Waals surface area (Å²) in [6.07, 6.45) is 0.108. The first kappa shape index (κ1) is 19.6. The van der Waals surface area contributed by atoms with Crippen molar-refractivity contribution in [3.8, 4) is 0 Å². The molecule has 2 amide bonds. The molecule has 0 unspecified atom stereocenters. The lowest BCUT2D eigenvalue weighted by Gasteiger charge is -2.16. The van der Waals surface area contributed by atoms with Gasteiger partial charge in [-0.3, -0.25) is 14.4 Å². The molecule has 6 nitrogen and oxygen atoms in total. The second kappa shape index (κ2) is 8.78. The largest absolute Gasteiger partial charge is 0.455 e. The Morgan fingerprint density at radius 2 is 1.70 bits per heavy atom. The number of likely N-dealkylation sites (tertiary alicyclic amines) is 1. The average molecular weight is 402 g/mol. The van der Waals surface area contributed by atoms with Crippen molar-refractivity contribution in [2.75, 3.05) is 18.5 Å². The molecular weight excluding hydrogens is 380 g/mol. The molecule has 0 aliphatic carbocycles. The normalized spacial score (nSPS) is 15.9. The van der Waals surface area contributed by atoms with E-state index >= 15 is 0 Å². The quantitative estimate of drug-likeness (QED) is 0.642. The van der Waals surface area contributed by atoms with Crippen molar-refractivity contribution >= 4 is 34.2 Å². The molecule has 1 saturated heterocycles. The molecule has 152 valence electrons. The fraction of sp³-hybridized carbons (Fsp3) is 0.208. The van der Waals surface area contributed by atoms with E-state index in [-0.39, 0.29) is 18.9 Å². The Labute approximate surface area is 174 Å². The third-order valence-electron chi connectivity index (χ3n) is 5.17. The van der Waals surface area contributed by atoms with E-state index in [4.69, 9.17) is 4.74 Å². The number of hydrogen-bond acceptors (Lipinski definition) is 4. The van der Waals surface area contributed by atoms with Gasteiger partial charge in [0.2, 0.25) is 5.91 Å². The second-order valence-electron chi connectivity index (χ2n) is 7.34. The van der Waals surface area contributed by atoms with E-state index in [0.717, 1.165) is 16.3 Å². The molecule has 1 aliphatic heterocycles. The minimum absolute atomic E-state index is 0.0824. The van der Waals surface area contributed by atoms with Crippen LogP contribution in [0.15, 0.2) is 72.8 Å². The van der Waals surface area contributed by atoms with Crippen LogP contribution in [0.25, 0.3) is 10.8 Å². The zero-order chi connectivity index (χ0) is 20.9. The number of nitrogens with zero attached hydrogens (tertiary/aromatic N) is 1. The molecule has 6 heteroatoms. The molecule has 4 rings (SSSR count). The predicted octanol–water partition coefficient (Wildman–Crippen LogP) is 3.37. The number of carbonyl (C=O) groups excluding carboxylic acids is 3. The lowest BCUT2D eigenvalue weighted by atomic mass is 10.1. The molecule has 0 radical (unpaired) electrons. The van der Waals surface area contributed by atoms with E-state index in [2.05, 4.69) is 5.32 Å². The first-order valence-corrected chi connectivity index (χ1v) is 9.86. The average Bonchev–Trinajstić information content (AvgIpc) is 3.13. The number of nitrogens with one attached hydrogen (secondary N) is 1. The molecule has 0 aromatic heterocycles. The molecule has 1 aliphatic rings. The molecule has 0 spiro atoms. The molecule has 3 aromatic rings. The van der Waals surface area contributed by atoms with Crippen LogP contribution in [0.3, 0.4) is 0 Å². The van der Waals surface area contributed by atoms with Gasteiger partial charge in [-0.2, -0.15) is 0 Å². The monoisotopic (exact) mass is 402 g/mol. The summed E-state index contributed by atoms with van der Waals surface area (Å²) in [5, 5.41) is 4.71. The summed E-state index contributed by atoms with van der Waals surface area (Å²) in [6.45, 7) is 0.383. The van der Waals surface area contributed by atoms with Crippen LogP contribution in [0.1, 0.15) is 12.0 Å². The van der Waals surface area contributed by atoms with E-state index in [0.29, 0.717) is 18.8 Å². The van der Waals surface area contributed by atoms with Gasteiger partial charge in [0.05, 0.1) is 5.92 Å². The number of esters is 1. The minimum Gasteiger partial charge on any atom is -0.455 e. The summed E-state index contributed by atoms with van der Waals surface area (Å²) >= 11 is 0. The minimum atomic E-state index is -0.549. The van der Waals surface area contributed by atoms with Gasteiger partial charge in [-0.05, 0) is 17.0 Å². The SMILES string of the molecule is O=C(COC(=O)[C@H]1CC(=O)N(Cc2ccccc2)C1)Nc1cccc2ccccc12. The Morgan fingerprint density at radius 3 is 2.53 bits per heavy atom. The fourth-order valence-corrected chi connectivity index (χ4v) is 3.66. The van der Waals surface area contributed by atoms with Gasteiger partial charge >= 0.3 is 5.97 Å². The Kier molecular flexibility index (Phi) is 5.75. The van der Waals surface area contributed by atoms with Crippen LogP contribution in [0.4, 0.5) is 5.69 Å². The standard InChI is InChI=1S/C24H22N2O4/c27-22(25-21-12-6-10-18-9-4-5-11-20(18)21)16-30-24(29)19-13-23(28)26(15-19)14-17-7-2-1-3-8-17/h1-12,19H,13-16H2,(H,25,27)/t19-/m0/s1. The van der Waals surface area contributed by atoms with Crippen molar-refractivity contribution in [3.05, 3.63) is 78.4 Å². The second-order valence-corrected chi connectivity index (χ2v) is 7.34. The van der Waals surface area contributed by atoms with Crippen molar-refractivity contribution in [3.63, 3.8) is 0 Å². The fourth-order valence-electron chi connectivity index (χ4n) is 3.66. The summed E-state index contributed by atoms with van der Waals surface area (Å²) in [7, 11) is 0. The Bertz CT molecular complexity index is 1080. The number of benzene rings is 3. The smallest absolute Gasteiger partial charge is 0.311 e. The van der Waals surface area contributed by atoms with E-state index < -0.39 is 17.8 Å². The van der Waals surface area contributed by atoms with Gasteiger partial charge in [-0.1, -0.05) is 66.7 Å². The first-order valence-electron chi connectivity index (χ1n) is 9.86. The summed E-state index contributed by atoms with van der Waals surface area (Å²) in [5.74, 6) is -1.57. The van der Waals surface area contributed by atoms with E-state index in [1.54, 1.807) is 11.0 Å². The van der Waals surface area contributed by atoms with Crippen molar-refractivity contribution in [1.82, 2.24) is 4.90 Å². The highest BCUT2D eigenvalue weighted by Crippen LogP contribution is 2.23. The lowest BCUT2D eigenvalue weighted by Crippen LogP contribution is -2.28. The van der Waals surface area contributed by atoms with Crippen molar-refractivity contribution < 1.29 is 19.1 Å². The zero-order valence-corrected chi connectivity index (χ0v) is 16.4. The van der Waals surface area contributed by atoms with Crippen LogP contribution in [0.5, 0.6) is 0 Å². The highest BCUT2D eigenvalue weighted by molar-refractivity contribution is 6.02. The van der Waals surface area contributed by atoms with Crippen LogP contribution >= 0.6 is 0 Å². The molecule has 1 atom stereocenters. The number of hydrogen-bond donors (Lipinski definition) is 1. The maximum absolute atomic E-state index is 12.4. The number of amides is 2. The maximum atomic E-state index is 12.4. The first-order chi connectivity index (χ1) is 14.6. The third-order valence-corrected chi connectivity index (χ3v) is 5.17. The number of rotatable bonds is 6. The number of anilines is 1. The van der Waals surface area contributed by atoms with Crippen molar-refractivity contribution in [2.45, 2.75) is 13.0 Å². The van der Waals surface area contributed by atoms with Crippen LogP contribution in [0.2, 0.25) is 0 Å². The molecule has 0 bridgehead atoms. The highest BCUT2D eigenvalue weighted by Gasteiger charge is 2.35. The number of carbonyl (C=O) groups is 3. The Morgan fingerprint density at radius 1 is 0.967 bits per heavy atom. The van der Waals surface area contributed by atoms with Gasteiger partial charge in [0, 0.05) is 30.6 Å². The molecule has 1 heterocycles. The molecule has 1 N–H and O–H groups in total. The third kappa shape index (κ3) is 4.49. The summed E-state index contributed by atoms with van der Waals surface area (Å²) < 4.78 is 5.19. The van der Waals surface area contributed by atoms with E-state index in [1.807, 2.05) is 66.7 Å². The van der Waals surface area contributed by atoms with Gasteiger partial charge in [0.15, 0.2) is 6.61 Å². The Hall–Kier alpha value is -3.67. The van der Waals surface area contributed by atoms with Crippen LogP contribution in [-0.2, 0) is 25.7 Å². The number of fused-ring (bicyclic) bond motifs is 1. The number of ether oxygens (including phenoxy) is 1. The van der Waals surface area contributed by atoms with Crippen molar-refractivity contribution in [1.29, 1.82) is 0 Å².